The molecule has 3 nitrogen and oxygen atoms in total. The lowest BCUT2D eigenvalue weighted by Crippen LogP contribution is -2.67. The van der Waals surface area contributed by atoms with E-state index >= 15 is 0 Å². The lowest BCUT2D eigenvalue weighted by atomic mass is 9.91. The fourth-order valence-electron chi connectivity index (χ4n) is 3.16. The highest BCUT2D eigenvalue weighted by atomic mass is 35.5. The summed E-state index contributed by atoms with van der Waals surface area (Å²) in [4.78, 5) is 6.80. The highest BCUT2D eigenvalue weighted by Gasteiger charge is 2.36. The molecule has 3 fully saturated rings. The molecule has 4 heterocycles. The maximum Gasteiger partial charge on any atom is 0.0598 e. The van der Waals surface area contributed by atoms with Crippen molar-refractivity contribution in [1.29, 1.82) is 0 Å². The van der Waals surface area contributed by atoms with Gasteiger partial charge in [-0.25, -0.2) is 0 Å². The minimum absolute atomic E-state index is 0.572. The summed E-state index contributed by atoms with van der Waals surface area (Å²) >= 11 is 12.1. The van der Waals surface area contributed by atoms with E-state index in [1.165, 1.54) is 12.1 Å². The third kappa shape index (κ3) is 2.50. The molecule has 2 aromatic rings. The molecule has 3 aliphatic rings. The summed E-state index contributed by atoms with van der Waals surface area (Å²) in [6, 6.07) is 9.14. The number of hydrogen-bond donors (Lipinski definition) is 1. The zero-order valence-corrected chi connectivity index (χ0v) is 12.9. The Morgan fingerprint density at radius 2 is 1.76 bits per heavy atom. The van der Waals surface area contributed by atoms with E-state index in [1.54, 1.807) is 0 Å². The second kappa shape index (κ2) is 5.16. The fraction of sp³-hybridized carbons (Fsp3) is 0.312. The number of piperazine rings is 1. The van der Waals surface area contributed by atoms with Crippen LogP contribution in [0.3, 0.4) is 0 Å². The van der Waals surface area contributed by atoms with Gasteiger partial charge in [0.25, 0.3) is 0 Å². The van der Waals surface area contributed by atoms with Crippen molar-refractivity contribution in [3.8, 4) is 11.1 Å². The average Bonchev–Trinajstić information content (AvgIpc) is 2.50. The smallest absolute Gasteiger partial charge is 0.0598 e. The van der Waals surface area contributed by atoms with Gasteiger partial charge in [-0.15, -0.1) is 0 Å². The number of halogens is 2. The normalized spacial score (nSPS) is 23.8. The van der Waals surface area contributed by atoms with E-state index in [-0.39, 0.29) is 0 Å². The molecule has 0 radical (unpaired) electrons. The SMILES string of the molecule is Clc1ccc(-c2cncc(N3CC4CC(C3)N4)c2)cc1Cl. The number of pyridine rings is 1. The number of nitrogens with zero attached hydrogens (tertiary/aromatic N) is 2. The van der Waals surface area contributed by atoms with Gasteiger partial charge < -0.3 is 10.2 Å². The molecule has 2 unspecified atom stereocenters. The van der Waals surface area contributed by atoms with Crippen LogP contribution in [0.25, 0.3) is 11.1 Å². The molecule has 108 valence electrons. The van der Waals surface area contributed by atoms with Crippen molar-refractivity contribution in [2.24, 2.45) is 0 Å². The van der Waals surface area contributed by atoms with Gasteiger partial charge in [-0.05, 0) is 30.2 Å². The Labute approximate surface area is 133 Å². The van der Waals surface area contributed by atoms with Crippen molar-refractivity contribution in [1.82, 2.24) is 10.3 Å². The Morgan fingerprint density at radius 3 is 2.48 bits per heavy atom. The van der Waals surface area contributed by atoms with E-state index in [2.05, 4.69) is 21.3 Å². The van der Waals surface area contributed by atoms with E-state index in [9.17, 15) is 0 Å². The van der Waals surface area contributed by atoms with Crippen LogP contribution in [-0.4, -0.2) is 30.2 Å². The van der Waals surface area contributed by atoms with Crippen molar-refractivity contribution >= 4 is 28.9 Å². The number of anilines is 1. The Bertz CT molecular complexity index is 673. The molecule has 0 spiro atoms. The maximum atomic E-state index is 6.11. The molecular weight excluding hydrogens is 305 g/mol. The summed E-state index contributed by atoms with van der Waals surface area (Å²) in [6.07, 6.45) is 5.11. The Morgan fingerprint density at radius 1 is 1.00 bits per heavy atom. The third-order valence-corrected chi connectivity index (χ3v) is 5.00. The van der Waals surface area contributed by atoms with Crippen molar-refractivity contribution in [2.75, 3.05) is 18.0 Å². The number of aromatic nitrogens is 1. The van der Waals surface area contributed by atoms with E-state index in [4.69, 9.17) is 23.2 Å². The largest absolute Gasteiger partial charge is 0.367 e. The number of hydrogen-bond acceptors (Lipinski definition) is 3. The minimum Gasteiger partial charge on any atom is -0.367 e. The number of nitrogens with one attached hydrogen (secondary N) is 1. The number of benzene rings is 1. The molecule has 21 heavy (non-hydrogen) atoms. The highest BCUT2D eigenvalue weighted by Crippen LogP contribution is 2.31. The van der Waals surface area contributed by atoms with Crippen LogP contribution in [0.4, 0.5) is 5.69 Å². The van der Waals surface area contributed by atoms with Gasteiger partial charge in [0.15, 0.2) is 0 Å². The predicted octanol–water partition coefficient (Wildman–Crippen LogP) is 3.61. The molecule has 1 N–H and O–H groups in total. The van der Waals surface area contributed by atoms with Crippen LogP contribution >= 0.6 is 23.2 Å². The minimum atomic E-state index is 0.572. The first-order valence-corrected chi connectivity index (χ1v) is 7.86. The van der Waals surface area contributed by atoms with Gasteiger partial charge in [-0.1, -0.05) is 29.3 Å². The molecule has 5 rings (SSSR count). The van der Waals surface area contributed by atoms with E-state index in [1.807, 2.05) is 30.6 Å². The molecule has 3 aliphatic heterocycles. The van der Waals surface area contributed by atoms with Crippen LogP contribution in [0.15, 0.2) is 36.7 Å². The molecule has 2 bridgehead atoms. The van der Waals surface area contributed by atoms with E-state index in [0.717, 1.165) is 24.2 Å². The fourth-order valence-corrected chi connectivity index (χ4v) is 3.46. The topological polar surface area (TPSA) is 28.2 Å². The van der Waals surface area contributed by atoms with Crippen molar-refractivity contribution in [2.45, 2.75) is 18.5 Å². The summed E-state index contributed by atoms with van der Waals surface area (Å²) in [5.74, 6) is 0. The average molecular weight is 320 g/mol. The summed E-state index contributed by atoms with van der Waals surface area (Å²) in [6.45, 7) is 2.12. The number of piperidine rings is 1. The second-order valence-corrected chi connectivity index (χ2v) is 6.58. The highest BCUT2D eigenvalue weighted by molar-refractivity contribution is 6.42. The molecule has 3 saturated heterocycles. The summed E-state index contributed by atoms with van der Waals surface area (Å²) in [7, 11) is 0. The molecule has 1 aromatic carbocycles. The summed E-state index contributed by atoms with van der Waals surface area (Å²) < 4.78 is 0. The summed E-state index contributed by atoms with van der Waals surface area (Å²) in [5, 5.41) is 4.69. The quantitative estimate of drug-likeness (QED) is 0.916. The zero-order chi connectivity index (χ0) is 14.4. The monoisotopic (exact) mass is 319 g/mol. The van der Waals surface area contributed by atoms with E-state index < -0.39 is 0 Å². The Hall–Kier alpha value is -1.29. The molecule has 0 saturated carbocycles. The van der Waals surface area contributed by atoms with Crippen LogP contribution in [0, 0.1) is 0 Å². The second-order valence-electron chi connectivity index (χ2n) is 5.76. The van der Waals surface area contributed by atoms with Crippen molar-refractivity contribution in [3.63, 3.8) is 0 Å². The van der Waals surface area contributed by atoms with Crippen LogP contribution in [0.1, 0.15) is 6.42 Å². The lowest BCUT2D eigenvalue weighted by molar-refractivity contribution is 0.226. The molecule has 0 aliphatic carbocycles. The molecule has 5 heteroatoms. The van der Waals surface area contributed by atoms with Gasteiger partial charge in [0.1, 0.15) is 0 Å². The molecule has 1 aromatic heterocycles. The van der Waals surface area contributed by atoms with Gasteiger partial charge in [-0.2, -0.15) is 0 Å². The first-order valence-electron chi connectivity index (χ1n) is 7.10. The van der Waals surface area contributed by atoms with E-state index in [0.29, 0.717) is 22.1 Å². The van der Waals surface area contributed by atoms with Gasteiger partial charge in [0.05, 0.1) is 21.9 Å². The first-order chi connectivity index (χ1) is 10.2. The molecule has 2 atom stereocenters. The summed E-state index contributed by atoms with van der Waals surface area (Å²) in [5.41, 5.74) is 3.28. The van der Waals surface area contributed by atoms with Crippen LogP contribution in [0.2, 0.25) is 10.0 Å². The lowest BCUT2D eigenvalue weighted by Gasteiger charge is -2.49. The Kier molecular flexibility index (Phi) is 3.29. The van der Waals surface area contributed by atoms with Crippen molar-refractivity contribution in [3.05, 3.63) is 46.7 Å². The molecular formula is C16H15Cl2N3. The Balaban J connectivity index is 1.64. The van der Waals surface area contributed by atoms with Crippen LogP contribution in [0.5, 0.6) is 0 Å². The maximum absolute atomic E-state index is 6.11. The number of fused-ring (bicyclic) bond motifs is 2. The van der Waals surface area contributed by atoms with Crippen molar-refractivity contribution < 1.29 is 0 Å². The third-order valence-electron chi connectivity index (χ3n) is 4.26. The van der Waals surface area contributed by atoms with Gasteiger partial charge in [0, 0.05) is 36.9 Å². The van der Waals surface area contributed by atoms with Crippen LogP contribution < -0.4 is 10.2 Å². The first kappa shape index (κ1) is 13.4. The predicted molar refractivity (Wildman–Crippen MR) is 87.2 cm³/mol. The molecule has 0 amide bonds. The van der Waals surface area contributed by atoms with Gasteiger partial charge in [0.2, 0.25) is 0 Å². The van der Waals surface area contributed by atoms with Gasteiger partial charge in [-0.3, -0.25) is 4.98 Å². The van der Waals surface area contributed by atoms with Crippen LogP contribution in [-0.2, 0) is 0 Å². The number of rotatable bonds is 2. The van der Waals surface area contributed by atoms with Gasteiger partial charge >= 0.3 is 0 Å². The zero-order valence-electron chi connectivity index (χ0n) is 11.4. The standard InChI is InChI=1S/C16H15Cl2N3/c17-15-2-1-10(4-16(15)18)11-3-14(7-19-6-11)21-8-12-5-13(9-21)20-12/h1-4,6-7,12-13,20H,5,8-9H2.